The van der Waals surface area contributed by atoms with E-state index in [2.05, 4.69) is 6.92 Å². The minimum Gasteiger partial charge on any atom is -0.458 e. The average molecular weight is 256 g/mol. The molecule has 0 amide bonds. The first-order chi connectivity index (χ1) is 9.33. The molecule has 0 unspecified atom stereocenters. The summed E-state index contributed by atoms with van der Waals surface area (Å²) in [6.45, 7) is 2.45. The van der Waals surface area contributed by atoms with Crippen molar-refractivity contribution >= 4 is 12.0 Å². The molecule has 0 aliphatic carbocycles. The van der Waals surface area contributed by atoms with Crippen LogP contribution in [0.15, 0.2) is 60.7 Å². The Morgan fingerprint density at radius 3 is 2.68 bits per heavy atom. The molecule has 0 aliphatic heterocycles. The van der Waals surface area contributed by atoms with Crippen molar-refractivity contribution in [2.24, 2.45) is 0 Å². The van der Waals surface area contributed by atoms with Crippen LogP contribution in [0.25, 0.3) is 6.08 Å². The third-order valence-corrected chi connectivity index (χ3v) is 2.38. The molecule has 19 heavy (non-hydrogen) atoms. The fourth-order valence-corrected chi connectivity index (χ4v) is 1.40. The van der Waals surface area contributed by atoms with Crippen molar-refractivity contribution in [1.82, 2.24) is 0 Å². The van der Waals surface area contributed by atoms with Crippen LogP contribution in [-0.4, -0.2) is 12.6 Å². The van der Waals surface area contributed by atoms with Crippen molar-refractivity contribution in [2.45, 2.75) is 19.8 Å². The topological polar surface area (TPSA) is 26.3 Å². The van der Waals surface area contributed by atoms with Gasteiger partial charge >= 0.3 is 5.97 Å². The second-order valence-corrected chi connectivity index (χ2v) is 4.02. The Bertz CT molecular complexity index is 442. The molecule has 0 bridgehead atoms. The number of hydrogen-bond donors (Lipinski definition) is 0. The van der Waals surface area contributed by atoms with E-state index in [1.807, 2.05) is 54.6 Å². The van der Waals surface area contributed by atoms with Gasteiger partial charge in [0.1, 0.15) is 6.61 Å². The summed E-state index contributed by atoms with van der Waals surface area (Å²) < 4.78 is 4.99. The second-order valence-electron chi connectivity index (χ2n) is 4.02. The van der Waals surface area contributed by atoms with Gasteiger partial charge in [0, 0.05) is 6.08 Å². The van der Waals surface area contributed by atoms with Crippen LogP contribution >= 0.6 is 0 Å². The number of unbranched alkanes of at least 4 members (excludes halogenated alkanes) is 1. The van der Waals surface area contributed by atoms with E-state index in [0.717, 1.165) is 18.4 Å². The molecule has 100 valence electrons. The predicted octanol–water partition coefficient (Wildman–Crippen LogP) is 4.16. The van der Waals surface area contributed by atoms with Gasteiger partial charge in [-0.15, -0.1) is 0 Å². The van der Waals surface area contributed by atoms with Crippen LogP contribution in [0.4, 0.5) is 0 Å². The average Bonchev–Trinajstić information content (AvgIpc) is 2.44. The van der Waals surface area contributed by atoms with E-state index >= 15 is 0 Å². The first kappa shape index (κ1) is 15.0. The molecule has 2 nitrogen and oxygen atoms in total. The maximum atomic E-state index is 11.3. The lowest BCUT2D eigenvalue weighted by Gasteiger charge is -1.95. The van der Waals surface area contributed by atoms with Crippen molar-refractivity contribution in [1.29, 1.82) is 0 Å². The van der Waals surface area contributed by atoms with Crippen LogP contribution < -0.4 is 0 Å². The summed E-state index contributed by atoms with van der Waals surface area (Å²) in [4.78, 5) is 11.3. The number of esters is 1. The molecule has 0 aromatic heterocycles. The van der Waals surface area contributed by atoms with Crippen LogP contribution in [0.1, 0.15) is 25.3 Å². The number of rotatable bonds is 7. The first-order valence-corrected chi connectivity index (χ1v) is 6.54. The van der Waals surface area contributed by atoms with Crippen molar-refractivity contribution in [3.05, 3.63) is 66.3 Å². The van der Waals surface area contributed by atoms with E-state index in [4.69, 9.17) is 4.74 Å². The van der Waals surface area contributed by atoms with Gasteiger partial charge in [0.05, 0.1) is 0 Å². The molecule has 1 aromatic rings. The van der Waals surface area contributed by atoms with Crippen molar-refractivity contribution in [3.63, 3.8) is 0 Å². The van der Waals surface area contributed by atoms with Crippen LogP contribution in [-0.2, 0) is 9.53 Å². The summed E-state index contributed by atoms with van der Waals surface area (Å²) in [5.74, 6) is -0.320. The maximum Gasteiger partial charge on any atom is 0.331 e. The largest absolute Gasteiger partial charge is 0.458 e. The van der Waals surface area contributed by atoms with Crippen LogP contribution in [0.2, 0.25) is 0 Å². The van der Waals surface area contributed by atoms with Crippen LogP contribution in [0.3, 0.4) is 0 Å². The quantitative estimate of drug-likeness (QED) is 0.317. The fourth-order valence-electron chi connectivity index (χ4n) is 1.40. The number of ether oxygens (including phenoxy) is 1. The lowest BCUT2D eigenvalue weighted by Crippen LogP contribution is -1.99. The summed E-state index contributed by atoms with van der Waals surface area (Å²) in [5.41, 5.74) is 1.10. The van der Waals surface area contributed by atoms with E-state index in [1.54, 1.807) is 6.08 Å². The van der Waals surface area contributed by atoms with Crippen LogP contribution in [0.5, 0.6) is 0 Å². The molecule has 0 N–H and O–H groups in total. The number of carbonyl (C=O) groups excluding carboxylic acids is 1. The highest BCUT2D eigenvalue weighted by Crippen LogP contribution is 2.00. The Kier molecular flexibility index (Phi) is 7.79. The highest BCUT2D eigenvalue weighted by atomic mass is 16.5. The molecule has 0 heterocycles. The van der Waals surface area contributed by atoms with E-state index in [-0.39, 0.29) is 5.97 Å². The smallest absolute Gasteiger partial charge is 0.331 e. The first-order valence-electron chi connectivity index (χ1n) is 6.54. The molecule has 0 radical (unpaired) electrons. The van der Waals surface area contributed by atoms with Crippen molar-refractivity contribution in [2.75, 3.05) is 6.61 Å². The zero-order valence-electron chi connectivity index (χ0n) is 11.3. The molecule has 1 aromatic carbocycles. The van der Waals surface area contributed by atoms with Gasteiger partial charge in [0.25, 0.3) is 0 Å². The van der Waals surface area contributed by atoms with Gasteiger partial charge in [-0.25, -0.2) is 4.79 Å². The number of benzene rings is 1. The van der Waals surface area contributed by atoms with Gasteiger partial charge in [0.2, 0.25) is 0 Å². The summed E-state index contributed by atoms with van der Waals surface area (Å²) in [5, 5.41) is 0. The highest BCUT2D eigenvalue weighted by molar-refractivity contribution is 5.82. The molecule has 2 heteroatoms. The summed E-state index contributed by atoms with van der Waals surface area (Å²) in [6, 6.07) is 9.92. The van der Waals surface area contributed by atoms with E-state index in [1.165, 1.54) is 6.08 Å². The molecular weight excluding hydrogens is 236 g/mol. The van der Waals surface area contributed by atoms with Crippen LogP contribution in [0, 0.1) is 0 Å². The Labute approximate surface area is 115 Å². The standard InChI is InChI=1S/C17H20O2/c1-2-3-4-10-15-19-17(18)14-9-8-13-16-11-6-5-7-12-16/h4-14H,2-3,15H2,1H3/b10-4-,13-8+,14-9+. The number of carbonyl (C=O) groups is 1. The van der Waals surface area contributed by atoms with Crippen molar-refractivity contribution in [3.8, 4) is 0 Å². The maximum absolute atomic E-state index is 11.3. The minimum absolute atomic E-state index is 0.320. The molecule has 1 rings (SSSR count). The molecule has 0 aliphatic rings. The van der Waals surface area contributed by atoms with Gasteiger partial charge in [-0.2, -0.15) is 0 Å². The molecular formula is C17H20O2. The lowest BCUT2D eigenvalue weighted by molar-refractivity contribution is -0.136. The summed E-state index contributed by atoms with van der Waals surface area (Å²) in [6.07, 6.45) is 12.9. The van der Waals surface area contributed by atoms with E-state index in [0.29, 0.717) is 6.61 Å². The fraction of sp³-hybridized carbons (Fsp3) is 0.235. The van der Waals surface area contributed by atoms with Crippen molar-refractivity contribution < 1.29 is 9.53 Å². The zero-order valence-corrected chi connectivity index (χ0v) is 11.3. The molecule has 0 spiro atoms. The molecule has 0 atom stereocenters. The number of hydrogen-bond acceptors (Lipinski definition) is 2. The minimum atomic E-state index is -0.320. The Hall–Kier alpha value is -2.09. The Morgan fingerprint density at radius 2 is 1.95 bits per heavy atom. The zero-order chi connectivity index (χ0) is 13.8. The van der Waals surface area contributed by atoms with Gasteiger partial charge in [-0.3, -0.25) is 0 Å². The Morgan fingerprint density at radius 1 is 1.16 bits per heavy atom. The molecule has 0 saturated heterocycles. The third-order valence-electron chi connectivity index (χ3n) is 2.38. The third kappa shape index (κ3) is 7.77. The monoisotopic (exact) mass is 256 g/mol. The summed E-state index contributed by atoms with van der Waals surface area (Å²) in [7, 11) is 0. The van der Waals surface area contributed by atoms with E-state index < -0.39 is 0 Å². The second kappa shape index (κ2) is 9.89. The lowest BCUT2D eigenvalue weighted by atomic mass is 10.2. The Balaban J connectivity index is 2.25. The van der Waals surface area contributed by atoms with Gasteiger partial charge in [0.15, 0.2) is 0 Å². The number of allylic oxidation sites excluding steroid dienone is 3. The molecule has 0 fully saturated rings. The van der Waals surface area contributed by atoms with Gasteiger partial charge in [-0.1, -0.05) is 74.1 Å². The summed E-state index contributed by atoms with van der Waals surface area (Å²) >= 11 is 0. The predicted molar refractivity (Wildman–Crippen MR) is 79.6 cm³/mol. The highest BCUT2D eigenvalue weighted by Gasteiger charge is 1.91. The van der Waals surface area contributed by atoms with E-state index in [9.17, 15) is 4.79 Å². The molecule has 0 saturated carbocycles. The van der Waals surface area contributed by atoms with Gasteiger partial charge < -0.3 is 4.74 Å². The van der Waals surface area contributed by atoms with Gasteiger partial charge in [-0.05, 0) is 12.0 Å². The SMILES string of the molecule is CCC/C=C\COC(=O)/C=C/C=C/c1ccccc1. The normalized spacial score (nSPS) is 11.6.